The molecule has 0 atom stereocenters. The highest BCUT2D eigenvalue weighted by molar-refractivity contribution is 6.31. The zero-order chi connectivity index (χ0) is 12.4. The molecule has 17 heavy (non-hydrogen) atoms. The minimum absolute atomic E-state index is 0.0463. The number of hydrogen-bond acceptors (Lipinski definition) is 5. The van der Waals surface area contributed by atoms with E-state index < -0.39 is 5.97 Å². The van der Waals surface area contributed by atoms with Crippen molar-refractivity contribution in [2.75, 3.05) is 0 Å². The van der Waals surface area contributed by atoms with Crippen molar-refractivity contribution in [3.8, 4) is 11.8 Å². The summed E-state index contributed by atoms with van der Waals surface area (Å²) in [6.45, 7) is 1.25. The molecule has 0 aliphatic carbocycles. The first kappa shape index (κ1) is 11.3. The summed E-state index contributed by atoms with van der Waals surface area (Å²) in [5, 5.41) is 17.3. The Balaban J connectivity index is 2.77. The molecule has 1 aromatic heterocycles. The second-order valence-electron chi connectivity index (χ2n) is 3.24. The van der Waals surface area contributed by atoms with E-state index in [0.29, 0.717) is 15.9 Å². The Morgan fingerprint density at radius 2 is 2.24 bits per heavy atom. The van der Waals surface area contributed by atoms with Gasteiger partial charge < -0.3 is 4.74 Å². The fraction of sp³-hybridized carbons (Fsp3) is 0.0909. The predicted octanol–water partition coefficient (Wildman–Crippen LogP) is 2.08. The van der Waals surface area contributed by atoms with Gasteiger partial charge in [0.05, 0.1) is 5.52 Å². The van der Waals surface area contributed by atoms with Gasteiger partial charge >= 0.3 is 5.97 Å². The number of carbonyl (C=O) groups is 1. The molecule has 0 radical (unpaired) electrons. The molecule has 0 saturated heterocycles. The molecule has 0 amide bonds. The van der Waals surface area contributed by atoms with Gasteiger partial charge in [-0.25, -0.2) is 0 Å². The number of halogens is 1. The summed E-state index contributed by atoms with van der Waals surface area (Å²) in [7, 11) is 0. The summed E-state index contributed by atoms with van der Waals surface area (Å²) in [4.78, 5) is 11.0. The first-order valence-electron chi connectivity index (χ1n) is 4.66. The quantitative estimate of drug-likeness (QED) is 0.721. The minimum atomic E-state index is -0.532. The maximum Gasteiger partial charge on any atom is 0.308 e. The van der Waals surface area contributed by atoms with Crippen LogP contribution in [0.1, 0.15) is 12.6 Å². The molecule has 5 nitrogen and oxygen atoms in total. The average molecular weight is 248 g/mol. The number of benzene rings is 1. The van der Waals surface area contributed by atoms with E-state index in [1.54, 1.807) is 18.2 Å². The number of aromatic nitrogens is 2. The zero-order valence-electron chi connectivity index (χ0n) is 8.77. The summed E-state index contributed by atoms with van der Waals surface area (Å²) in [5.74, 6) is -0.441. The molecule has 0 N–H and O–H groups in total. The summed E-state index contributed by atoms with van der Waals surface area (Å²) in [5.41, 5.74) is 0.458. The molecular weight excluding hydrogens is 242 g/mol. The lowest BCUT2D eigenvalue weighted by atomic mass is 10.2. The number of esters is 1. The molecule has 84 valence electrons. The third-order valence-electron chi connectivity index (χ3n) is 2.03. The van der Waals surface area contributed by atoms with Crippen molar-refractivity contribution in [2.24, 2.45) is 0 Å². The Morgan fingerprint density at radius 1 is 1.47 bits per heavy atom. The first-order chi connectivity index (χ1) is 8.11. The van der Waals surface area contributed by atoms with E-state index in [1.165, 1.54) is 6.92 Å². The average Bonchev–Trinajstić information content (AvgIpc) is 2.29. The van der Waals surface area contributed by atoms with Crippen molar-refractivity contribution in [1.82, 2.24) is 10.2 Å². The smallest absolute Gasteiger partial charge is 0.308 e. The Kier molecular flexibility index (Phi) is 2.90. The van der Waals surface area contributed by atoms with Crippen LogP contribution in [0, 0.1) is 11.3 Å². The molecule has 0 saturated carbocycles. The second kappa shape index (κ2) is 4.36. The highest BCUT2D eigenvalue weighted by atomic mass is 35.5. The standard InChI is InChI=1S/C11H6ClN3O2/c1-6(16)17-11-8-4-7(12)2-3-9(8)14-15-10(11)5-13/h2-4H,1H3. The molecule has 0 unspecified atom stereocenters. The van der Waals surface area contributed by atoms with E-state index in [0.717, 1.165) is 0 Å². The van der Waals surface area contributed by atoms with Crippen LogP contribution in [-0.4, -0.2) is 16.2 Å². The summed E-state index contributed by atoms with van der Waals surface area (Å²) >= 11 is 5.85. The maximum absolute atomic E-state index is 11.0. The van der Waals surface area contributed by atoms with Crippen LogP contribution in [0.5, 0.6) is 5.75 Å². The van der Waals surface area contributed by atoms with E-state index in [2.05, 4.69) is 10.2 Å². The van der Waals surface area contributed by atoms with Gasteiger partial charge in [0.25, 0.3) is 0 Å². The lowest BCUT2D eigenvalue weighted by molar-refractivity contribution is -0.131. The number of nitrogens with zero attached hydrogens (tertiary/aromatic N) is 3. The van der Waals surface area contributed by atoms with Crippen LogP contribution < -0.4 is 4.74 Å². The second-order valence-corrected chi connectivity index (χ2v) is 3.68. The van der Waals surface area contributed by atoms with Crippen LogP contribution in [0.25, 0.3) is 10.9 Å². The summed E-state index contributed by atoms with van der Waals surface area (Å²) in [6.07, 6.45) is 0. The van der Waals surface area contributed by atoms with Crippen molar-refractivity contribution in [3.05, 3.63) is 28.9 Å². The summed E-state index contributed by atoms with van der Waals surface area (Å²) in [6, 6.07) is 6.67. The fourth-order valence-corrected chi connectivity index (χ4v) is 1.55. The van der Waals surface area contributed by atoms with Crippen molar-refractivity contribution in [1.29, 1.82) is 5.26 Å². The predicted molar refractivity (Wildman–Crippen MR) is 60.6 cm³/mol. The number of fused-ring (bicyclic) bond motifs is 1. The molecule has 0 fully saturated rings. The van der Waals surface area contributed by atoms with Gasteiger partial charge in [0.15, 0.2) is 5.75 Å². The molecule has 1 heterocycles. The third-order valence-corrected chi connectivity index (χ3v) is 2.26. The van der Waals surface area contributed by atoms with Gasteiger partial charge in [0, 0.05) is 17.3 Å². The highest BCUT2D eigenvalue weighted by Crippen LogP contribution is 2.28. The lowest BCUT2D eigenvalue weighted by Gasteiger charge is -2.06. The van der Waals surface area contributed by atoms with Crippen molar-refractivity contribution in [3.63, 3.8) is 0 Å². The van der Waals surface area contributed by atoms with Crippen LogP contribution in [0.4, 0.5) is 0 Å². The molecule has 2 rings (SSSR count). The van der Waals surface area contributed by atoms with Gasteiger partial charge in [-0.15, -0.1) is 10.2 Å². The van der Waals surface area contributed by atoms with E-state index in [1.807, 2.05) is 6.07 Å². The number of hydrogen-bond donors (Lipinski definition) is 0. The number of carbonyl (C=O) groups excluding carboxylic acids is 1. The molecule has 0 bridgehead atoms. The first-order valence-corrected chi connectivity index (χ1v) is 5.04. The topological polar surface area (TPSA) is 75.9 Å². The monoisotopic (exact) mass is 247 g/mol. The molecular formula is C11H6ClN3O2. The van der Waals surface area contributed by atoms with E-state index >= 15 is 0 Å². The Hall–Kier alpha value is -2.19. The minimum Gasteiger partial charge on any atom is -0.423 e. The van der Waals surface area contributed by atoms with Crippen LogP contribution in [0.15, 0.2) is 18.2 Å². The van der Waals surface area contributed by atoms with Crippen molar-refractivity contribution in [2.45, 2.75) is 6.92 Å². The largest absolute Gasteiger partial charge is 0.423 e. The van der Waals surface area contributed by atoms with Crippen LogP contribution in [0.3, 0.4) is 0 Å². The van der Waals surface area contributed by atoms with Gasteiger partial charge in [0.1, 0.15) is 6.07 Å². The fourth-order valence-electron chi connectivity index (χ4n) is 1.37. The van der Waals surface area contributed by atoms with Crippen molar-refractivity contribution >= 4 is 28.5 Å². The molecule has 6 heteroatoms. The SMILES string of the molecule is CC(=O)Oc1c(C#N)nnc2ccc(Cl)cc12. The number of nitriles is 1. The molecule has 1 aromatic carbocycles. The van der Waals surface area contributed by atoms with Gasteiger partial charge in [-0.2, -0.15) is 5.26 Å². The number of rotatable bonds is 1. The molecule has 0 aliphatic rings. The van der Waals surface area contributed by atoms with E-state index in [-0.39, 0.29) is 11.4 Å². The number of ether oxygens (including phenoxy) is 1. The maximum atomic E-state index is 11.0. The lowest BCUT2D eigenvalue weighted by Crippen LogP contribution is -2.05. The van der Waals surface area contributed by atoms with Crippen molar-refractivity contribution < 1.29 is 9.53 Å². The third kappa shape index (κ3) is 2.17. The van der Waals surface area contributed by atoms with Gasteiger partial charge in [0.2, 0.25) is 5.69 Å². The van der Waals surface area contributed by atoms with Gasteiger partial charge in [-0.3, -0.25) is 4.79 Å². The van der Waals surface area contributed by atoms with E-state index in [9.17, 15) is 4.79 Å². The highest BCUT2D eigenvalue weighted by Gasteiger charge is 2.14. The van der Waals surface area contributed by atoms with Gasteiger partial charge in [-0.1, -0.05) is 11.6 Å². The zero-order valence-corrected chi connectivity index (χ0v) is 9.52. The van der Waals surface area contributed by atoms with Crippen LogP contribution in [-0.2, 0) is 4.79 Å². The molecule has 0 aliphatic heterocycles. The van der Waals surface area contributed by atoms with Crippen LogP contribution >= 0.6 is 11.6 Å². The Bertz CT molecular complexity index is 649. The Morgan fingerprint density at radius 3 is 2.88 bits per heavy atom. The summed E-state index contributed by atoms with van der Waals surface area (Å²) < 4.78 is 4.98. The normalized spacial score (nSPS) is 9.94. The van der Waals surface area contributed by atoms with Gasteiger partial charge in [-0.05, 0) is 18.2 Å². The van der Waals surface area contributed by atoms with Crippen LogP contribution in [0.2, 0.25) is 5.02 Å². The molecule has 0 spiro atoms. The Labute approximate surface area is 102 Å². The molecule has 2 aromatic rings. The van der Waals surface area contributed by atoms with E-state index in [4.69, 9.17) is 21.6 Å².